The molecular formula is C17H14N4O3. The highest BCUT2D eigenvalue weighted by Crippen LogP contribution is 2.18. The quantitative estimate of drug-likeness (QED) is 0.745. The van der Waals surface area contributed by atoms with E-state index in [4.69, 9.17) is 4.74 Å². The Morgan fingerprint density at radius 1 is 1.12 bits per heavy atom. The van der Waals surface area contributed by atoms with Gasteiger partial charge in [0.15, 0.2) is 0 Å². The van der Waals surface area contributed by atoms with Crippen LogP contribution < -0.4 is 5.32 Å². The van der Waals surface area contributed by atoms with Gasteiger partial charge in [0.1, 0.15) is 12.7 Å². The lowest BCUT2D eigenvalue weighted by molar-refractivity contribution is 0.0602. The van der Waals surface area contributed by atoms with Gasteiger partial charge in [0, 0.05) is 5.56 Å². The summed E-state index contributed by atoms with van der Waals surface area (Å²) >= 11 is 0. The van der Waals surface area contributed by atoms with Crippen LogP contribution in [0.5, 0.6) is 0 Å². The van der Waals surface area contributed by atoms with Crippen LogP contribution in [0.25, 0.3) is 5.69 Å². The van der Waals surface area contributed by atoms with Crippen molar-refractivity contribution < 1.29 is 14.3 Å². The number of rotatable bonds is 4. The summed E-state index contributed by atoms with van der Waals surface area (Å²) in [4.78, 5) is 28.1. The minimum Gasteiger partial charge on any atom is -0.465 e. The average Bonchev–Trinajstić information content (AvgIpc) is 3.16. The Morgan fingerprint density at radius 2 is 1.96 bits per heavy atom. The highest BCUT2D eigenvalue weighted by atomic mass is 16.5. The first-order valence-electron chi connectivity index (χ1n) is 7.13. The third-order valence-corrected chi connectivity index (χ3v) is 3.37. The van der Waals surface area contributed by atoms with Gasteiger partial charge in [-0.05, 0) is 30.3 Å². The van der Waals surface area contributed by atoms with Gasteiger partial charge in [-0.25, -0.2) is 14.5 Å². The van der Waals surface area contributed by atoms with Gasteiger partial charge in [-0.2, -0.15) is 5.10 Å². The second kappa shape index (κ2) is 6.74. The molecule has 0 aliphatic carbocycles. The number of hydrogen-bond acceptors (Lipinski definition) is 5. The first kappa shape index (κ1) is 15.4. The normalized spacial score (nSPS) is 10.2. The van der Waals surface area contributed by atoms with Crippen LogP contribution in [0.2, 0.25) is 0 Å². The summed E-state index contributed by atoms with van der Waals surface area (Å²) in [5.41, 5.74) is 1.82. The molecule has 1 N–H and O–H groups in total. The van der Waals surface area contributed by atoms with Crippen molar-refractivity contribution in [3.63, 3.8) is 0 Å². The molecular weight excluding hydrogens is 308 g/mol. The van der Waals surface area contributed by atoms with Crippen LogP contribution in [-0.4, -0.2) is 33.8 Å². The van der Waals surface area contributed by atoms with E-state index < -0.39 is 5.97 Å². The van der Waals surface area contributed by atoms with Crippen molar-refractivity contribution in [1.82, 2.24) is 14.8 Å². The smallest absolute Gasteiger partial charge is 0.339 e. The first-order valence-corrected chi connectivity index (χ1v) is 7.13. The van der Waals surface area contributed by atoms with Crippen molar-refractivity contribution in [2.45, 2.75) is 0 Å². The molecule has 1 heterocycles. The predicted molar refractivity (Wildman–Crippen MR) is 87.1 cm³/mol. The van der Waals surface area contributed by atoms with Crippen LogP contribution in [0.4, 0.5) is 5.69 Å². The Balaban J connectivity index is 1.86. The number of anilines is 1. The van der Waals surface area contributed by atoms with E-state index in [1.165, 1.54) is 13.4 Å². The Kier molecular flexibility index (Phi) is 4.33. The average molecular weight is 322 g/mol. The molecule has 0 saturated carbocycles. The molecule has 120 valence electrons. The molecule has 0 bridgehead atoms. The number of nitrogens with zero attached hydrogens (tertiary/aromatic N) is 3. The van der Waals surface area contributed by atoms with Crippen molar-refractivity contribution in [3.05, 3.63) is 72.3 Å². The summed E-state index contributed by atoms with van der Waals surface area (Å²) in [5.74, 6) is -0.851. The highest BCUT2D eigenvalue weighted by Gasteiger charge is 2.14. The molecule has 1 aromatic heterocycles. The monoisotopic (exact) mass is 322 g/mol. The van der Waals surface area contributed by atoms with Crippen molar-refractivity contribution in [1.29, 1.82) is 0 Å². The number of aromatic nitrogens is 3. The number of hydrogen-bond donors (Lipinski definition) is 1. The summed E-state index contributed by atoms with van der Waals surface area (Å²) in [6.45, 7) is 0. The van der Waals surface area contributed by atoms with Gasteiger partial charge in [0.2, 0.25) is 0 Å². The molecule has 2 aromatic carbocycles. The first-order chi connectivity index (χ1) is 11.7. The fourth-order valence-corrected chi connectivity index (χ4v) is 2.21. The lowest BCUT2D eigenvalue weighted by atomic mass is 10.1. The van der Waals surface area contributed by atoms with E-state index in [1.807, 2.05) is 6.07 Å². The molecule has 0 atom stereocenters. The van der Waals surface area contributed by atoms with Crippen LogP contribution in [-0.2, 0) is 4.74 Å². The van der Waals surface area contributed by atoms with Gasteiger partial charge >= 0.3 is 5.97 Å². The zero-order valence-electron chi connectivity index (χ0n) is 12.8. The summed E-state index contributed by atoms with van der Waals surface area (Å²) in [6, 6.07) is 13.6. The minimum absolute atomic E-state index is 0.292. The molecule has 0 aliphatic heterocycles. The molecule has 0 unspecified atom stereocenters. The zero-order valence-corrected chi connectivity index (χ0v) is 12.8. The van der Waals surface area contributed by atoms with E-state index in [2.05, 4.69) is 15.4 Å². The van der Waals surface area contributed by atoms with Gasteiger partial charge in [-0.15, -0.1) is 0 Å². The number of benzene rings is 2. The number of ether oxygens (including phenoxy) is 1. The van der Waals surface area contributed by atoms with E-state index in [0.717, 1.165) is 0 Å². The van der Waals surface area contributed by atoms with Crippen molar-refractivity contribution in [3.8, 4) is 5.69 Å². The van der Waals surface area contributed by atoms with Gasteiger partial charge in [0.25, 0.3) is 5.91 Å². The number of methoxy groups -OCH3 is 1. The van der Waals surface area contributed by atoms with Crippen molar-refractivity contribution in [2.24, 2.45) is 0 Å². The van der Waals surface area contributed by atoms with Gasteiger partial charge in [-0.3, -0.25) is 4.79 Å². The number of para-hydroxylation sites is 1. The third-order valence-electron chi connectivity index (χ3n) is 3.37. The summed E-state index contributed by atoms with van der Waals surface area (Å²) in [7, 11) is 1.29. The summed E-state index contributed by atoms with van der Waals surface area (Å²) in [5, 5.41) is 6.76. The van der Waals surface area contributed by atoms with Crippen LogP contribution in [0.3, 0.4) is 0 Å². The number of carbonyl (C=O) groups excluding carboxylic acids is 2. The number of amides is 1. The SMILES string of the molecule is COC(=O)c1ccccc1NC(=O)c1cccc(-n2cncn2)c1. The summed E-state index contributed by atoms with van der Waals surface area (Å²) < 4.78 is 6.28. The number of nitrogens with one attached hydrogen (secondary N) is 1. The fourth-order valence-electron chi connectivity index (χ4n) is 2.21. The zero-order chi connectivity index (χ0) is 16.9. The Hall–Kier alpha value is -3.48. The standard InChI is InChI=1S/C17H14N4O3/c1-24-17(23)14-7-2-3-8-15(14)20-16(22)12-5-4-6-13(9-12)21-11-18-10-19-21/h2-11H,1H3,(H,20,22). The van der Waals surface area contributed by atoms with Crippen LogP contribution >= 0.6 is 0 Å². The molecule has 1 amide bonds. The molecule has 24 heavy (non-hydrogen) atoms. The van der Waals surface area contributed by atoms with Gasteiger partial charge in [-0.1, -0.05) is 18.2 Å². The molecule has 7 heteroatoms. The van der Waals surface area contributed by atoms with Gasteiger partial charge < -0.3 is 10.1 Å². The number of esters is 1. The maximum atomic E-state index is 12.5. The minimum atomic E-state index is -0.512. The molecule has 0 fully saturated rings. The van der Waals surface area contributed by atoms with Crippen LogP contribution in [0.15, 0.2) is 61.2 Å². The molecule has 7 nitrogen and oxygen atoms in total. The molecule has 0 spiro atoms. The molecule has 0 radical (unpaired) electrons. The van der Waals surface area contributed by atoms with Crippen molar-refractivity contribution >= 4 is 17.6 Å². The van der Waals surface area contributed by atoms with E-state index >= 15 is 0 Å². The number of carbonyl (C=O) groups is 2. The van der Waals surface area contributed by atoms with Crippen LogP contribution in [0.1, 0.15) is 20.7 Å². The fraction of sp³-hybridized carbons (Fsp3) is 0.0588. The Labute approximate surface area is 137 Å². The Bertz CT molecular complexity index is 875. The summed E-state index contributed by atoms with van der Waals surface area (Å²) in [6.07, 6.45) is 2.96. The lowest BCUT2D eigenvalue weighted by Crippen LogP contribution is -2.15. The van der Waals surface area contributed by atoms with E-state index in [-0.39, 0.29) is 5.91 Å². The predicted octanol–water partition coefficient (Wildman–Crippen LogP) is 2.31. The van der Waals surface area contributed by atoms with E-state index in [1.54, 1.807) is 53.5 Å². The maximum Gasteiger partial charge on any atom is 0.339 e. The van der Waals surface area contributed by atoms with E-state index in [0.29, 0.717) is 22.5 Å². The molecule has 3 rings (SSSR count). The largest absolute Gasteiger partial charge is 0.465 e. The van der Waals surface area contributed by atoms with Crippen LogP contribution in [0, 0.1) is 0 Å². The van der Waals surface area contributed by atoms with Gasteiger partial charge in [0.05, 0.1) is 24.0 Å². The second-order valence-electron chi connectivity index (χ2n) is 4.88. The second-order valence-corrected chi connectivity index (χ2v) is 4.88. The van der Waals surface area contributed by atoms with E-state index in [9.17, 15) is 9.59 Å². The highest BCUT2D eigenvalue weighted by molar-refractivity contribution is 6.08. The lowest BCUT2D eigenvalue weighted by Gasteiger charge is -2.10. The molecule has 0 saturated heterocycles. The third kappa shape index (κ3) is 3.14. The van der Waals surface area contributed by atoms with Crippen molar-refractivity contribution in [2.75, 3.05) is 12.4 Å². The maximum absolute atomic E-state index is 12.5. The topological polar surface area (TPSA) is 86.1 Å². The molecule has 3 aromatic rings. The molecule has 0 aliphatic rings. The Morgan fingerprint density at radius 3 is 2.71 bits per heavy atom.